The van der Waals surface area contributed by atoms with Crippen LogP contribution >= 0.6 is 0 Å². The van der Waals surface area contributed by atoms with Gasteiger partial charge in [-0.15, -0.1) is 0 Å². The molecular weight excluding hydrogens is 304 g/mol. The van der Waals surface area contributed by atoms with Crippen LogP contribution in [0.3, 0.4) is 0 Å². The lowest BCUT2D eigenvalue weighted by Gasteiger charge is -2.08. The zero-order valence-electron chi connectivity index (χ0n) is 14.2. The maximum atomic E-state index is 11.2. The number of carbonyl (C=O) groups is 2. The van der Waals surface area contributed by atoms with Crippen LogP contribution in [0.1, 0.15) is 54.1 Å². The van der Waals surface area contributed by atoms with Crippen LogP contribution in [-0.4, -0.2) is 22.2 Å². The standard InChI is InChI=1S/C20H20O4/c1-11-7-15(8-12(2)17(11)19(21)22)5-6-16-9-13(3)18(20(23)24)14(4)10-16/h5-10H,1-4H3,(H,21,22)(H,23,24). The molecule has 0 unspecified atom stereocenters. The van der Waals surface area contributed by atoms with Gasteiger partial charge in [0.25, 0.3) is 0 Å². The molecule has 0 aromatic heterocycles. The average Bonchev–Trinajstić information content (AvgIpc) is 2.42. The highest BCUT2D eigenvalue weighted by atomic mass is 16.4. The molecular formula is C20H20O4. The van der Waals surface area contributed by atoms with Crippen LogP contribution in [0.25, 0.3) is 12.2 Å². The molecule has 0 amide bonds. The normalized spacial score (nSPS) is 11.0. The summed E-state index contributed by atoms with van der Waals surface area (Å²) in [7, 11) is 0. The molecule has 2 N–H and O–H groups in total. The van der Waals surface area contributed by atoms with Gasteiger partial charge in [0.05, 0.1) is 11.1 Å². The van der Waals surface area contributed by atoms with Crippen LogP contribution in [0, 0.1) is 27.7 Å². The summed E-state index contributed by atoms with van der Waals surface area (Å²) in [5.41, 5.74) is 5.37. The first-order valence-corrected chi connectivity index (χ1v) is 7.58. The van der Waals surface area contributed by atoms with E-state index in [0.29, 0.717) is 11.1 Å². The van der Waals surface area contributed by atoms with Gasteiger partial charge in [0.15, 0.2) is 0 Å². The first-order valence-electron chi connectivity index (χ1n) is 7.58. The van der Waals surface area contributed by atoms with Gasteiger partial charge < -0.3 is 10.2 Å². The van der Waals surface area contributed by atoms with Gasteiger partial charge in [-0.25, -0.2) is 9.59 Å². The Morgan fingerprint density at radius 2 is 0.917 bits per heavy atom. The Morgan fingerprint density at radius 1 is 0.667 bits per heavy atom. The van der Waals surface area contributed by atoms with Crippen molar-refractivity contribution in [2.45, 2.75) is 27.7 Å². The molecule has 2 aromatic carbocycles. The third-order valence-electron chi connectivity index (χ3n) is 4.01. The number of carboxylic acid groups (broad SMARTS) is 2. The van der Waals surface area contributed by atoms with Gasteiger partial charge in [-0.3, -0.25) is 0 Å². The monoisotopic (exact) mass is 324 g/mol. The minimum absolute atomic E-state index is 0.338. The Hall–Kier alpha value is -2.88. The van der Waals surface area contributed by atoms with E-state index in [2.05, 4.69) is 0 Å². The van der Waals surface area contributed by atoms with E-state index in [1.54, 1.807) is 27.7 Å². The Labute approximate surface area is 141 Å². The predicted molar refractivity (Wildman–Crippen MR) is 94.7 cm³/mol. The van der Waals surface area contributed by atoms with E-state index in [1.165, 1.54) is 0 Å². The maximum absolute atomic E-state index is 11.2. The lowest BCUT2D eigenvalue weighted by Crippen LogP contribution is -2.03. The summed E-state index contributed by atoms with van der Waals surface area (Å²) < 4.78 is 0. The Morgan fingerprint density at radius 3 is 1.12 bits per heavy atom. The fourth-order valence-electron chi connectivity index (χ4n) is 3.05. The van der Waals surface area contributed by atoms with Crippen molar-refractivity contribution in [3.05, 3.63) is 68.8 Å². The van der Waals surface area contributed by atoms with Gasteiger partial charge in [-0.1, -0.05) is 36.4 Å². The van der Waals surface area contributed by atoms with Crippen LogP contribution in [-0.2, 0) is 0 Å². The molecule has 124 valence electrons. The molecule has 0 aliphatic rings. The average molecular weight is 324 g/mol. The van der Waals surface area contributed by atoms with E-state index in [1.807, 2.05) is 36.4 Å². The first kappa shape index (κ1) is 17.5. The van der Waals surface area contributed by atoms with E-state index >= 15 is 0 Å². The van der Waals surface area contributed by atoms with Crippen molar-refractivity contribution in [1.82, 2.24) is 0 Å². The Kier molecular flexibility index (Phi) is 4.88. The fourth-order valence-corrected chi connectivity index (χ4v) is 3.05. The molecule has 0 atom stereocenters. The zero-order valence-corrected chi connectivity index (χ0v) is 14.2. The van der Waals surface area contributed by atoms with Gasteiger partial charge in [-0.2, -0.15) is 0 Å². The van der Waals surface area contributed by atoms with Gasteiger partial charge in [-0.05, 0) is 61.1 Å². The molecule has 0 heterocycles. The van der Waals surface area contributed by atoms with Crippen LogP contribution < -0.4 is 0 Å². The quantitative estimate of drug-likeness (QED) is 0.813. The Bertz CT molecular complexity index is 742. The fraction of sp³-hybridized carbons (Fsp3) is 0.200. The number of hydrogen-bond donors (Lipinski definition) is 2. The summed E-state index contributed by atoms with van der Waals surface area (Å²) in [5.74, 6) is -1.84. The zero-order chi connectivity index (χ0) is 18.0. The number of rotatable bonds is 4. The van der Waals surface area contributed by atoms with E-state index in [4.69, 9.17) is 0 Å². The maximum Gasteiger partial charge on any atom is 0.336 e. The van der Waals surface area contributed by atoms with Crippen LogP contribution in [0.5, 0.6) is 0 Å². The molecule has 0 bridgehead atoms. The highest BCUT2D eigenvalue weighted by Gasteiger charge is 2.12. The predicted octanol–water partition coefficient (Wildman–Crippen LogP) is 4.49. The number of benzene rings is 2. The molecule has 0 radical (unpaired) electrons. The molecule has 2 rings (SSSR count). The van der Waals surface area contributed by atoms with Crippen molar-refractivity contribution in [1.29, 1.82) is 0 Å². The summed E-state index contributed by atoms with van der Waals surface area (Å²) in [5, 5.41) is 18.4. The molecule has 0 spiro atoms. The largest absolute Gasteiger partial charge is 0.478 e. The third kappa shape index (κ3) is 3.54. The van der Waals surface area contributed by atoms with Crippen LogP contribution in [0.15, 0.2) is 24.3 Å². The molecule has 4 heteroatoms. The second-order valence-electron chi connectivity index (χ2n) is 6.00. The first-order chi connectivity index (χ1) is 11.2. The van der Waals surface area contributed by atoms with Gasteiger partial charge in [0.2, 0.25) is 0 Å². The summed E-state index contributed by atoms with van der Waals surface area (Å²) in [6.45, 7) is 7.13. The van der Waals surface area contributed by atoms with Crippen molar-refractivity contribution in [2.75, 3.05) is 0 Å². The summed E-state index contributed by atoms with van der Waals surface area (Å²) in [4.78, 5) is 22.5. The number of carboxylic acids is 2. The SMILES string of the molecule is Cc1cc(C=Cc2cc(C)c(C(=O)O)c(C)c2)cc(C)c1C(=O)O. The van der Waals surface area contributed by atoms with E-state index in [-0.39, 0.29) is 0 Å². The molecule has 0 aliphatic heterocycles. The second kappa shape index (κ2) is 6.71. The molecule has 0 saturated carbocycles. The van der Waals surface area contributed by atoms with Gasteiger partial charge in [0.1, 0.15) is 0 Å². The highest BCUT2D eigenvalue weighted by molar-refractivity contribution is 5.92. The van der Waals surface area contributed by atoms with Crippen LogP contribution in [0.4, 0.5) is 0 Å². The second-order valence-corrected chi connectivity index (χ2v) is 6.00. The van der Waals surface area contributed by atoms with Crippen molar-refractivity contribution in [3.8, 4) is 0 Å². The van der Waals surface area contributed by atoms with Crippen molar-refractivity contribution in [2.24, 2.45) is 0 Å². The Balaban J connectivity index is 2.39. The topological polar surface area (TPSA) is 74.6 Å². The molecule has 0 saturated heterocycles. The van der Waals surface area contributed by atoms with Gasteiger partial charge in [0, 0.05) is 0 Å². The summed E-state index contributed by atoms with van der Waals surface area (Å²) >= 11 is 0. The number of aryl methyl sites for hydroxylation is 4. The third-order valence-corrected chi connectivity index (χ3v) is 4.01. The molecule has 2 aromatic rings. The van der Waals surface area contributed by atoms with Crippen molar-refractivity contribution in [3.63, 3.8) is 0 Å². The van der Waals surface area contributed by atoms with Crippen LogP contribution in [0.2, 0.25) is 0 Å². The smallest absolute Gasteiger partial charge is 0.336 e. The molecule has 24 heavy (non-hydrogen) atoms. The van der Waals surface area contributed by atoms with Crippen molar-refractivity contribution >= 4 is 24.1 Å². The van der Waals surface area contributed by atoms with E-state index in [0.717, 1.165) is 33.4 Å². The minimum atomic E-state index is -0.920. The molecule has 0 aliphatic carbocycles. The summed E-state index contributed by atoms with van der Waals surface area (Å²) in [6, 6.07) is 7.33. The lowest BCUT2D eigenvalue weighted by atomic mass is 9.97. The molecule has 0 fully saturated rings. The number of aromatic carboxylic acids is 2. The minimum Gasteiger partial charge on any atom is -0.478 e. The summed E-state index contributed by atoms with van der Waals surface area (Å²) in [6.07, 6.45) is 3.81. The molecule has 4 nitrogen and oxygen atoms in total. The van der Waals surface area contributed by atoms with E-state index in [9.17, 15) is 19.8 Å². The highest BCUT2D eigenvalue weighted by Crippen LogP contribution is 2.21. The van der Waals surface area contributed by atoms with E-state index < -0.39 is 11.9 Å². The lowest BCUT2D eigenvalue weighted by molar-refractivity contribution is 0.0684. The van der Waals surface area contributed by atoms with Crippen molar-refractivity contribution < 1.29 is 19.8 Å². The van der Waals surface area contributed by atoms with Gasteiger partial charge >= 0.3 is 11.9 Å². The number of hydrogen-bond acceptors (Lipinski definition) is 2.